The molecule has 5 rings (SSSR count). The Labute approximate surface area is 203 Å². The molecule has 2 atom stereocenters. The zero-order chi connectivity index (χ0) is 25.8. The van der Waals surface area contributed by atoms with Gasteiger partial charge < -0.3 is 10.5 Å². The standard InChI is InChI=1S/C25H22F5N5O/c1-35(32)34-24(31)12-2-3-16(22(27)7-12)18-6-15(21(26)9-20(18)25(28,29)30)11-36-23-8-14-4-13-5-17(13)19(14)10-33-23/h2-3,6-10,13,17H,4-5,11,32H2,1H3,(H2,31,34). The highest BCUT2D eigenvalue weighted by Gasteiger charge is 2.45. The Balaban J connectivity index is 1.47. The summed E-state index contributed by atoms with van der Waals surface area (Å²) in [7, 11) is 1.40. The minimum Gasteiger partial charge on any atom is -0.473 e. The largest absolute Gasteiger partial charge is 0.473 e. The number of nitrogens with zero attached hydrogens (tertiary/aromatic N) is 3. The zero-order valence-corrected chi connectivity index (χ0v) is 19.1. The molecule has 0 amide bonds. The lowest BCUT2D eigenvalue weighted by Gasteiger charge is -2.17. The smallest absolute Gasteiger partial charge is 0.417 e. The molecule has 0 aliphatic heterocycles. The van der Waals surface area contributed by atoms with E-state index in [1.54, 1.807) is 12.3 Å². The molecule has 0 saturated heterocycles. The summed E-state index contributed by atoms with van der Waals surface area (Å²) in [5.74, 6) is 4.60. The maximum Gasteiger partial charge on any atom is 0.417 e. The van der Waals surface area contributed by atoms with E-state index in [-0.39, 0.29) is 35.0 Å². The lowest BCUT2D eigenvalue weighted by molar-refractivity contribution is -0.137. The number of aromatic nitrogens is 1. The van der Waals surface area contributed by atoms with Crippen molar-refractivity contribution < 1.29 is 26.7 Å². The second-order valence-corrected chi connectivity index (χ2v) is 9.06. The van der Waals surface area contributed by atoms with Crippen LogP contribution in [-0.4, -0.2) is 23.0 Å². The molecule has 6 nitrogen and oxygen atoms in total. The summed E-state index contributed by atoms with van der Waals surface area (Å²) in [6.45, 7) is -0.377. The van der Waals surface area contributed by atoms with Crippen LogP contribution in [0.5, 0.6) is 5.88 Å². The predicted octanol–water partition coefficient (Wildman–Crippen LogP) is 4.71. The number of nitrogens with two attached hydrogens (primary N) is 2. The topological polar surface area (TPSA) is 89.8 Å². The summed E-state index contributed by atoms with van der Waals surface area (Å²) < 4.78 is 76.6. The van der Waals surface area contributed by atoms with Gasteiger partial charge in [0.25, 0.3) is 0 Å². The first-order valence-electron chi connectivity index (χ1n) is 11.1. The third-order valence-electron chi connectivity index (χ3n) is 6.49. The first-order valence-corrected chi connectivity index (χ1v) is 11.1. The molecular formula is C25H22F5N5O. The highest BCUT2D eigenvalue weighted by Crippen LogP contribution is 2.56. The van der Waals surface area contributed by atoms with Gasteiger partial charge in [0.15, 0.2) is 5.84 Å². The average molecular weight is 503 g/mol. The first-order chi connectivity index (χ1) is 17.0. The summed E-state index contributed by atoms with van der Waals surface area (Å²) in [5, 5.41) is 4.65. The number of hydrogen-bond donors (Lipinski definition) is 2. The van der Waals surface area contributed by atoms with E-state index in [0.717, 1.165) is 41.7 Å². The average Bonchev–Trinajstić information content (AvgIpc) is 3.47. The Morgan fingerprint density at radius 1 is 1.14 bits per heavy atom. The number of hydrogen-bond acceptors (Lipinski definition) is 5. The highest BCUT2D eigenvalue weighted by atomic mass is 19.4. The van der Waals surface area contributed by atoms with Gasteiger partial charge in [-0.15, -0.1) is 5.10 Å². The van der Waals surface area contributed by atoms with Crippen LogP contribution in [0.25, 0.3) is 11.1 Å². The highest BCUT2D eigenvalue weighted by molar-refractivity contribution is 5.97. The van der Waals surface area contributed by atoms with Crippen LogP contribution in [0, 0.1) is 17.6 Å². The molecule has 2 aliphatic rings. The summed E-state index contributed by atoms with van der Waals surface area (Å²) in [6.07, 6.45) is -1.09. The van der Waals surface area contributed by atoms with E-state index < -0.39 is 28.9 Å². The molecule has 11 heteroatoms. The number of alkyl halides is 3. The number of ether oxygens (including phenoxy) is 1. The van der Waals surface area contributed by atoms with Crippen LogP contribution in [-0.2, 0) is 19.2 Å². The molecule has 0 spiro atoms. The van der Waals surface area contributed by atoms with Crippen molar-refractivity contribution >= 4 is 5.84 Å². The van der Waals surface area contributed by atoms with Crippen molar-refractivity contribution in [3.05, 3.63) is 82.0 Å². The van der Waals surface area contributed by atoms with Gasteiger partial charge >= 0.3 is 6.18 Å². The molecule has 188 valence electrons. The van der Waals surface area contributed by atoms with Crippen molar-refractivity contribution in [1.29, 1.82) is 0 Å². The van der Waals surface area contributed by atoms with Crippen molar-refractivity contribution in [3.63, 3.8) is 0 Å². The molecular weight excluding hydrogens is 481 g/mol. The van der Waals surface area contributed by atoms with Crippen molar-refractivity contribution in [3.8, 4) is 17.0 Å². The maximum atomic E-state index is 15.0. The Hall–Kier alpha value is -3.73. The van der Waals surface area contributed by atoms with Gasteiger partial charge in [-0.2, -0.15) is 13.2 Å². The number of rotatable bonds is 6. The van der Waals surface area contributed by atoms with Crippen molar-refractivity contribution in [2.45, 2.75) is 31.5 Å². The zero-order valence-electron chi connectivity index (χ0n) is 19.1. The van der Waals surface area contributed by atoms with E-state index in [9.17, 15) is 22.0 Å². The van der Waals surface area contributed by atoms with Gasteiger partial charge in [-0.05, 0) is 59.6 Å². The normalized spacial score (nSPS) is 18.6. The van der Waals surface area contributed by atoms with Crippen LogP contribution < -0.4 is 16.3 Å². The van der Waals surface area contributed by atoms with Gasteiger partial charge in [0, 0.05) is 36.0 Å². The van der Waals surface area contributed by atoms with Crippen LogP contribution in [0.2, 0.25) is 0 Å². The molecule has 0 bridgehead atoms. The van der Waals surface area contributed by atoms with Gasteiger partial charge in [0.1, 0.15) is 18.2 Å². The number of benzene rings is 2. The molecule has 1 aromatic heterocycles. The lowest BCUT2D eigenvalue weighted by Crippen LogP contribution is -2.25. The van der Waals surface area contributed by atoms with Crippen molar-refractivity contribution in [1.82, 2.24) is 10.1 Å². The number of fused-ring (bicyclic) bond motifs is 3. The van der Waals surface area contributed by atoms with Crippen LogP contribution in [0.15, 0.2) is 47.7 Å². The van der Waals surface area contributed by atoms with Gasteiger partial charge in [0.2, 0.25) is 5.88 Å². The van der Waals surface area contributed by atoms with Crippen molar-refractivity contribution in [2.75, 3.05) is 7.05 Å². The lowest BCUT2D eigenvalue weighted by atomic mass is 9.95. The second-order valence-electron chi connectivity index (χ2n) is 9.06. The number of halogens is 5. The summed E-state index contributed by atoms with van der Waals surface area (Å²) in [5.41, 5.74) is 5.79. The number of hydrazone groups is 1. The minimum absolute atomic E-state index is 0.119. The molecule has 3 aromatic rings. The monoisotopic (exact) mass is 503 g/mol. The molecule has 1 fully saturated rings. The Morgan fingerprint density at radius 3 is 2.61 bits per heavy atom. The number of amidine groups is 1. The van der Waals surface area contributed by atoms with E-state index in [1.165, 1.54) is 18.7 Å². The summed E-state index contributed by atoms with van der Waals surface area (Å²) >= 11 is 0. The molecule has 4 N–H and O–H groups in total. The van der Waals surface area contributed by atoms with Gasteiger partial charge in [0.05, 0.1) is 5.56 Å². The van der Waals surface area contributed by atoms with E-state index in [2.05, 4.69) is 10.1 Å². The fourth-order valence-corrected chi connectivity index (χ4v) is 4.67. The third kappa shape index (κ3) is 4.58. The summed E-state index contributed by atoms with van der Waals surface area (Å²) in [4.78, 5) is 4.25. The minimum atomic E-state index is -4.92. The Morgan fingerprint density at radius 2 is 1.92 bits per heavy atom. The molecule has 2 aromatic carbocycles. The van der Waals surface area contributed by atoms with Gasteiger partial charge in [-0.3, -0.25) is 0 Å². The van der Waals surface area contributed by atoms with Gasteiger partial charge in [-0.25, -0.2) is 24.7 Å². The number of pyridine rings is 1. The van der Waals surface area contributed by atoms with Crippen molar-refractivity contribution in [2.24, 2.45) is 22.6 Å². The first kappa shape index (κ1) is 24.0. The quantitative estimate of drug-likeness (QED) is 0.167. The van der Waals surface area contributed by atoms with E-state index in [1.807, 2.05) is 0 Å². The molecule has 2 aliphatic carbocycles. The van der Waals surface area contributed by atoms with Crippen LogP contribution >= 0.6 is 0 Å². The summed E-state index contributed by atoms with van der Waals surface area (Å²) in [6, 6.07) is 6.46. The van der Waals surface area contributed by atoms with E-state index in [0.29, 0.717) is 17.9 Å². The molecule has 2 unspecified atom stereocenters. The second kappa shape index (κ2) is 8.74. The molecule has 1 saturated carbocycles. The van der Waals surface area contributed by atoms with E-state index in [4.69, 9.17) is 16.3 Å². The molecule has 0 radical (unpaired) electrons. The molecule has 1 heterocycles. The fourth-order valence-electron chi connectivity index (χ4n) is 4.67. The van der Waals surface area contributed by atoms with Gasteiger partial charge in [-0.1, -0.05) is 12.1 Å². The fraction of sp³-hybridized carbons (Fsp3) is 0.280. The van der Waals surface area contributed by atoms with E-state index >= 15 is 0 Å². The van der Waals surface area contributed by atoms with Crippen LogP contribution in [0.1, 0.15) is 40.2 Å². The predicted molar refractivity (Wildman–Crippen MR) is 123 cm³/mol. The maximum absolute atomic E-state index is 15.0. The number of hydrazine groups is 1. The van der Waals surface area contributed by atoms with Crippen LogP contribution in [0.4, 0.5) is 22.0 Å². The molecule has 36 heavy (non-hydrogen) atoms. The Kier molecular flexibility index (Phi) is 5.82. The Bertz CT molecular complexity index is 1370. The SMILES string of the molecule is CN(N)/N=C(\N)c1ccc(-c2cc(COc3cc4c(cn3)C3CC3C4)c(F)cc2C(F)(F)F)c(F)c1. The third-order valence-corrected chi connectivity index (χ3v) is 6.49. The van der Waals surface area contributed by atoms with Crippen LogP contribution in [0.3, 0.4) is 0 Å².